The monoisotopic (exact) mass is 417 g/mol. The number of aryl methyl sites for hydroxylation is 1. The first-order valence-electron chi connectivity index (χ1n) is 9.64. The minimum Gasteiger partial charge on any atom is -0.481 e. The molecule has 29 heavy (non-hydrogen) atoms. The van der Waals surface area contributed by atoms with Crippen molar-refractivity contribution in [3.05, 3.63) is 40.3 Å². The van der Waals surface area contributed by atoms with Crippen molar-refractivity contribution in [1.29, 1.82) is 0 Å². The first kappa shape index (κ1) is 19.7. The van der Waals surface area contributed by atoms with Gasteiger partial charge in [0.25, 0.3) is 5.56 Å². The zero-order chi connectivity index (χ0) is 20.8. The highest BCUT2D eigenvalue weighted by molar-refractivity contribution is 7.92. The molecule has 4 rings (SSSR count). The van der Waals surface area contributed by atoms with E-state index < -0.39 is 21.1 Å². The summed E-state index contributed by atoms with van der Waals surface area (Å²) in [5, 5.41) is 9.67. The predicted octanol–water partition coefficient (Wildman–Crippen LogP) is 2.07. The van der Waals surface area contributed by atoms with Crippen LogP contribution in [-0.2, 0) is 21.1 Å². The Morgan fingerprint density at radius 2 is 2.07 bits per heavy atom. The number of rotatable bonds is 6. The number of fused-ring (bicyclic) bond motifs is 3. The second-order valence-corrected chi connectivity index (χ2v) is 9.94. The van der Waals surface area contributed by atoms with Crippen LogP contribution in [0.2, 0.25) is 0 Å². The summed E-state index contributed by atoms with van der Waals surface area (Å²) in [5.41, 5.74) is 7.32. The molecule has 154 valence electrons. The molecule has 1 aliphatic carbocycles. The predicted molar refractivity (Wildman–Crippen MR) is 110 cm³/mol. The van der Waals surface area contributed by atoms with E-state index in [0.717, 1.165) is 5.56 Å². The average Bonchev–Trinajstić information content (AvgIpc) is 3.29. The standard InChI is InChI=1S/C20H23N3O5S/c21-12-4-5-13(8-12)29(27,28)14-6-7-16-15(9-14)18-11(2-1-3-17(24)25)10-22-19(18)20(26)23-16/h6-7,9-10,12-13,22H,1-5,8,21H2,(H,23,26)(H,24,25). The quantitative estimate of drug-likeness (QED) is 0.483. The van der Waals surface area contributed by atoms with Crippen LogP contribution in [0.4, 0.5) is 0 Å². The van der Waals surface area contributed by atoms with Crippen molar-refractivity contribution in [1.82, 2.24) is 9.97 Å². The molecular formula is C20H23N3O5S. The van der Waals surface area contributed by atoms with E-state index in [4.69, 9.17) is 10.8 Å². The van der Waals surface area contributed by atoms with Gasteiger partial charge in [0.15, 0.2) is 9.84 Å². The largest absolute Gasteiger partial charge is 0.481 e. The van der Waals surface area contributed by atoms with Crippen LogP contribution in [0.25, 0.3) is 21.8 Å². The van der Waals surface area contributed by atoms with Gasteiger partial charge in [0.05, 0.1) is 10.1 Å². The Morgan fingerprint density at radius 3 is 2.76 bits per heavy atom. The molecule has 0 aliphatic heterocycles. The van der Waals surface area contributed by atoms with Crippen LogP contribution in [0, 0.1) is 0 Å². The lowest BCUT2D eigenvalue weighted by molar-refractivity contribution is -0.137. The van der Waals surface area contributed by atoms with Gasteiger partial charge in [0.2, 0.25) is 0 Å². The molecule has 3 aromatic rings. The zero-order valence-electron chi connectivity index (χ0n) is 15.8. The van der Waals surface area contributed by atoms with E-state index in [1.165, 1.54) is 6.07 Å². The minimum atomic E-state index is -3.53. The van der Waals surface area contributed by atoms with E-state index >= 15 is 0 Å². The third-order valence-corrected chi connectivity index (χ3v) is 7.94. The second kappa shape index (κ2) is 7.31. The van der Waals surface area contributed by atoms with Gasteiger partial charge in [-0.3, -0.25) is 9.59 Å². The van der Waals surface area contributed by atoms with Crippen LogP contribution >= 0.6 is 0 Å². The highest BCUT2D eigenvalue weighted by atomic mass is 32.2. The number of hydrogen-bond acceptors (Lipinski definition) is 5. The van der Waals surface area contributed by atoms with Crippen molar-refractivity contribution in [3.63, 3.8) is 0 Å². The number of carboxylic acids is 1. The number of carbonyl (C=O) groups is 1. The number of aromatic amines is 2. The molecule has 0 amide bonds. The van der Waals surface area contributed by atoms with Gasteiger partial charge in [-0.15, -0.1) is 0 Å². The van der Waals surface area contributed by atoms with E-state index in [9.17, 15) is 18.0 Å². The van der Waals surface area contributed by atoms with E-state index in [2.05, 4.69) is 9.97 Å². The summed E-state index contributed by atoms with van der Waals surface area (Å²) in [6.45, 7) is 0. The minimum absolute atomic E-state index is 0.0232. The third-order valence-electron chi connectivity index (χ3n) is 5.73. The Labute approximate surface area is 167 Å². The first-order chi connectivity index (χ1) is 13.8. The normalized spacial score (nSPS) is 19.9. The van der Waals surface area contributed by atoms with E-state index in [1.54, 1.807) is 18.3 Å². The Hall–Kier alpha value is -2.65. The molecule has 2 unspecified atom stereocenters. The number of H-pyrrole nitrogens is 2. The fourth-order valence-corrected chi connectivity index (χ4v) is 6.10. The summed E-state index contributed by atoms with van der Waals surface area (Å²) in [5.74, 6) is -0.879. The lowest BCUT2D eigenvalue weighted by Crippen LogP contribution is -2.22. The maximum Gasteiger partial charge on any atom is 0.303 e. The molecule has 1 aromatic carbocycles. The Bertz CT molecular complexity index is 1260. The van der Waals surface area contributed by atoms with Gasteiger partial charge >= 0.3 is 5.97 Å². The molecule has 0 radical (unpaired) electrons. The van der Waals surface area contributed by atoms with Crippen LogP contribution in [0.1, 0.15) is 37.7 Å². The molecular weight excluding hydrogens is 394 g/mol. The number of benzene rings is 1. The van der Waals surface area contributed by atoms with Crippen LogP contribution < -0.4 is 11.3 Å². The third kappa shape index (κ3) is 3.56. The van der Waals surface area contributed by atoms with Crippen molar-refractivity contribution in [2.45, 2.75) is 54.7 Å². The summed E-state index contributed by atoms with van der Waals surface area (Å²) in [6.07, 6.45) is 4.31. The molecule has 9 heteroatoms. The van der Waals surface area contributed by atoms with Gasteiger partial charge in [0.1, 0.15) is 5.52 Å². The van der Waals surface area contributed by atoms with E-state index in [-0.39, 0.29) is 22.9 Å². The zero-order valence-corrected chi connectivity index (χ0v) is 16.6. The maximum atomic E-state index is 13.1. The topological polar surface area (TPSA) is 146 Å². The van der Waals surface area contributed by atoms with Crippen molar-refractivity contribution in [2.24, 2.45) is 5.73 Å². The average molecular weight is 417 g/mol. The number of nitrogens with one attached hydrogen (secondary N) is 2. The maximum absolute atomic E-state index is 13.1. The summed E-state index contributed by atoms with van der Waals surface area (Å²) in [4.78, 5) is 29.2. The highest BCUT2D eigenvalue weighted by Crippen LogP contribution is 2.32. The summed E-state index contributed by atoms with van der Waals surface area (Å²) in [6, 6.07) is 4.66. The molecule has 2 aromatic heterocycles. The lowest BCUT2D eigenvalue weighted by Gasteiger charge is -2.13. The number of aliphatic carboxylic acids is 1. The van der Waals surface area contributed by atoms with Crippen LogP contribution in [0.5, 0.6) is 0 Å². The highest BCUT2D eigenvalue weighted by Gasteiger charge is 2.34. The van der Waals surface area contributed by atoms with Gasteiger partial charge in [-0.25, -0.2) is 8.42 Å². The first-order valence-corrected chi connectivity index (χ1v) is 11.2. The van der Waals surface area contributed by atoms with Crippen molar-refractivity contribution in [2.75, 3.05) is 0 Å². The molecule has 5 N–H and O–H groups in total. The summed E-state index contributed by atoms with van der Waals surface area (Å²) in [7, 11) is -3.53. The molecule has 0 spiro atoms. The Kier molecular flexibility index (Phi) is 4.95. The van der Waals surface area contributed by atoms with Gasteiger partial charge in [-0.2, -0.15) is 0 Å². The summed E-state index contributed by atoms with van der Waals surface area (Å²) < 4.78 is 26.2. The smallest absolute Gasteiger partial charge is 0.303 e. The molecule has 2 atom stereocenters. The van der Waals surface area contributed by atoms with Crippen molar-refractivity contribution in [3.8, 4) is 0 Å². The number of pyridine rings is 1. The van der Waals surface area contributed by atoms with E-state index in [1.807, 2.05) is 0 Å². The van der Waals surface area contributed by atoms with Gasteiger partial charge in [0, 0.05) is 34.9 Å². The number of sulfone groups is 1. The lowest BCUT2D eigenvalue weighted by atomic mass is 10.0. The van der Waals surface area contributed by atoms with Crippen molar-refractivity contribution < 1.29 is 18.3 Å². The summed E-state index contributed by atoms with van der Waals surface area (Å²) >= 11 is 0. The molecule has 8 nitrogen and oxygen atoms in total. The van der Waals surface area contributed by atoms with Gasteiger partial charge in [-0.1, -0.05) is 0 Å². The van der Waals surface area contributed by atoms with Gasteiger partial charge < -0.3 is 20.8 Å². The molecule has 0 saturated heterocycles. The van der Waals surface area contributed by atoms with E-state index in [0.29, 0.717) is 53.9 Å². The fraction of sp³-hybridized carbons (Fsp3) is 0.400. The number of aromatic nitrogens is 2. The van der Waals surface area contributed by atoms with Crippen LogP contribution in [0.15, 0.2) is 34.1 Å². The molecule has 1 saturated carbocycles. The van der Waals surface area contributed by atoms with Crippen LogP contribution in [0.3, 0.4) is 0 Å². The number of hydrogen-bond donors (Lipinski definition) is 4. The van der Waals surface area contributed by atoms with Crippen LogP contribution in [-0.4, -0.2) is 40.8 Å². The van der Waals surface area contributed by atoms with Crippen molar-refractivity contribution >= 4 is 37.6 Å². The van der Waals surface area contributed by atoms with Gasteiger partial charge in [-0.05, 0) is 55.9 Å². The second-order valence-electron chi connectivity index (χ2n) is 7.71. The molecule has 1 aliphatic rings. The number of carboxylic acid groups (broad SMARTS) is 1. The molecule has 2 heterocycles. The number of nitrogens with two attached hydrogens (primary N) is 1. The fourth-order valence-electron chi connectivity index (χ4n) is 4.23. The Balaban J connectivity index is 1.83. The molecule has 1 fully saturated rings. The molecule has 0 bridgehead atoms. The Morgan fingerprint density at radius 1 is 1.28 bits per heavy atom. The SMILES string of the molecule is NC1CCC(S(=O)(=O)c2ccc3[nH]c(=O)c4[nH]cc(CCCC(=O)O)c4c3c2)C1.